The van der Waals surface area contributed by atoms with Crippen molar-refractivity contribution in [2.75, 3.05) is 24.5 Å². The van der Waals surface area contributed by atoms with E-state index in [1.165, 1.54) is 32.1 Å². The largest absolute Gasteiger partial charge is 0.423 e. The number of nitrogens with zero attached hydrogens (tertiary/aromatic N) is 2. The summed E-state index contributed by atoms with van der Waals surface area (Å²) < 4.78 is 5.85. The quantitative estimate of drug-likeness (QED) is 0.876. The van der Waals surface area contributed by atoms with Gasteiger partial charge in [-0.3, -0.25) is 4.79 Å². The molecule has 0 unspecified atom stereocenters. The first kappa shape index (κ1) is 17.4. The van der Waals surface area contributed by atoms with Gasteiger partial charge in [0, 0.05) is 25.6 Å². The van der Waals surface area contributed by atoms with Crippen LogP contribution < -0.4 is 10.2 Å². The lowest BCUT2D eigenvalue weighted by molar-refractivity contribution is -0.125. The Balaban J connectivity index is 1.23. The average Bonchev–Trinajstić information content (AvgIpc) is 3.13. The minimum absolute atomic E-state index is 0.127. The Morgan fingerprint density at radius 2 is 1.88 bits per heavy atom. The highest BCUT2D eigenvalue weighted by Gasteiger charge is 2.27. The normalized spacial score (nSPS) is 19.8. The molecule has 1 amide bonds. The number of benzene rings is 1. The molecule has 140 valence electrons. The van der Waals surface area contributed by atoms with Crippen LogP contribution >= 0.6 is 0 Å². The van der Waals surface area contributed by atoms with Gasteiger partial charge < -0.3 is 14.6 Å². The molecule has 0 bridgehead atoms. The lowest BCUT2D eigenvalue weighted by Gasteiger charge is -2.30. The molecule has 2 aliphatic rings. The third-order valence-corrected chi connectivity index (χ3v) is 6.00. The standard InChI is InChI=1S/C21H29N3O2/c25-20(22-13-10-16-6-2-1-3-7-16)17-11-14-24(15-12-17)21-23-18-8-4-5-9-19(18)26-21/h4-5,8-9,16-17H,1-3,6-7,10-15H2,(H,22,25). The zero-order valence-corrected chi connectivity index (χ0v) is 15.5. The van der Waals surface area contributed by atoms with E-state index in [2.05, 4.69) is 15.2 Å². The summed E-state index contributed by atoms with van der Waals surface area (Å²) in [4.78, 5) is 19.2. The maximum absolute atomic E-state index is 12.5. The minimum atomic E-state index is 0.127. The molecule has 2 fully saturated rings. The molecule has 1 saturated heterocycles. The minimum Gasteiger partial charge on any atom is -0.423 e. The van der Waals surface area contributed by atoms with Gasteiger partial charge in [-0.2, -0.15) is 4.98 Å². The lowest BCUT2D eigenvalue weighted by atomic mass is 9.87. The number of para-hydroxylation sites is 2. The Morgan fingerprint density at radius 3 is 2.65 bits per heavy atom. The Hall–Kier alpha value is -2.04. The molecule has 1 aliphatic heterocycles. The van der Waals surface area contributed by atoms with E-state index in [0.717, 1.165) is 55.9 Å². The highest BCUT2D eigenvalue weighted by Crippen LogP contribution is 2.27. The van der Waals surface area contributed by atoms with E-state index in [9.17, 15) is 4.79 Å². The maximum atomic E-state index is 12.5. The fourth-order valence-electron chi connectivity index (χ4n) is 4.35. The number of hydrogen-bond donors (Lipinski definition) is 1. The SMILES string of the molecule is O=C(NCCC1CCCCC1)C1CCN(c2nc3ccccc3o2)CC1. The zero-order chi connectivity index (χ0) is 17.8. The molecule has 5 heteroatoms. The molecule has 0 radical (unpaired) electrons. The van der Waals surface area contributed by atoms with Gasteiger partial charge in [-0.15, -0.1) is 0 Å². The van der Waals surface area contributed by atoms with E-state index < -0.39 is 0 Å². The van der Waals surface area contributed by atoms with Gasteiger partial charge in [-0.05, 0) is 37.3 Å². The van der Waals surface area contributed by atoms with E-state index in [-0.39, 0.29) is 11.8 Å². The van der Waals surface area contributed by atoms with Crippen LogP contribution in [0.1, 0.15) is 51.4 Å². The van der Waals surface area contributed by atoms with Crippen molar-refractivity contribution in [3.05, 3.63) is 24.3 Å². The molecule has 1 aromatic heterocycles. The van der Waals surface area contributed by atoms with Gasteiger partial charge in [0.15, 0.2) is 5.58 Å². The van der Waals surface area contributed by atoms with Crippen molar-refractivity contribution < 1.29 is 9.21 Å². The van der Waals surface area contributed by atoms with Gasteiger partial charge in [0.25, 0.3) is 6.01 Å². The Labute approximate surface area is 155 Å². The highest BCUT2D eigenvalue weighted by atomic mass is 16.4. The monoisotopic (exact) mass is 355 g/mol. The van der Waals surface area contributed by atoms with Crippen molar-refractivity contribution in [1.82, 2.24) is 10.3 Å². The maximum Gasteiger partial charge on any atom is 0.298 e. The smallest absolute Gasteiger partial charge is 0.298 e. The van der Waals surface area contributed by atoms with Crippen LogP contribution in [0.2, 0.25) is 0 Å². The number of hydrogen-bond acceptors (Lipinski definition) is 4. The van der Waals surface area contributed by atoms with Gasteiger partial charge in [0.2, 0.25) is 5.91 Å². The van der Waals surface area contributed by atoms with E-state index in [1.54, 1.807) is 0 Å². The van der Waals surface area contributed by atoms with E-state index in [0.29, 0.717) is 6.01 Å². The summed E-state index contributed by atoms with van der Waals surface area (Å²) in [6.45, 7) is 2.50. The molecular weight excluding hydrogens is 326 g/mol. The molecule has 1 saturated carbocycles. The number of anilines is 1. The number of oxazole rings is 1. The van der Waals surface area contributed by atoms with Crippen LogP contribution in [0.5, 0.6) is 0 Å². The van der Waals surface area contributed by atoms with Crippen molar-refractivity contribution >= 4 is 23.0 Å². The summed E-state index contributed by atoms with van der Waals surface area (Å²) in [7, 11) is 0. The van der Waals surface area contributed by atoms with Crippen LogP contribution in [0.15, 0.2) is 28.7 Å². The molecular formula is C21H29N3O2. The second-order valence-electron chi connectivity index (χ2n) is 7.81. The predicted molar refractivity (Wildman–Crippen MR) is 103 cm³/mol. The topological polar surface area (TPSA) is 58.4 Å². The van der Waals surface area contributed by atoms with E-state index >= 15 is 0 Å². The van der Waals surface area contributed by atoms with Crippen LogP contribution in [0, 0.1) is 11.8 Å². The summed E-state index contributed by atoms with van der Waals surface area (Å²) >= 11 is 0. The summed E-state index contributed by atoms with van der Waals surface area (Å²) in [5.74, 6) is 1.19. The van der Waals surface area contributed by atoms with E-state index in [1.807, 2.05) is 24.3 Å². The number of carbonyl (C=O) groups excluding carboxylic acids is 1. The summed E-state index contributed by atoms with van der Waals surface area (Å²) in [6, 6.07) is 8.52. The Kier molecular flexibility index (Phi) is 5.42. The van der Waals surface area contributed by atoms with Gasteiger partial charge in [0.1, 0.15) is 5.52 Å². The van der Waals surface area contributed by atoms with Gasteiger partial charge in [-0.25, -0.2) is 0 Å². The van der Waals surface area contributed by atoms with Crippen molar-refractivity contribution in [2.24, 2.45) is 11.8 Å². The third kappa shape index (κ3) is 4.02. The first-order valence-corrected chi connectivity index (χ1v) is 10.2. The lowest BCUT2D eigenvalue weighted by Crippen LogP contribution is -2.41. The number of nitrogens with one attached hydrogen (secondary N) is 1. The van der Waals surface area contributed by atoms with Crippen molar-refractivity contribution in [3.63, 3.8) is 0 Å². The van der Waals surface area contributed by atoms with Crippen LogP contribution in [-0.2, 0) is 4.79 Å². The predicted octanol–water partition coefficient (Wildman–Crippen LogP) is 4.13. The summed E-state index contributed by atoms with van der Waals surface area (Å²) in [5.41, 5.74) is 1.72. The number of amides is 1. The molecule has 2 heterocycles. The van der Waals surface area contributed by atoms with Crippen molar-refractivity contribution in [2.45, 2.75) is 51.4 Å². The molecule has 1 aliphatic carbocycles. The fourth-order valence-corrected chi connectivity index (χ4v) is 4.35. The zero-order valence-electron chi connectivity index (χ0n) is 15.5. The number of carbonyl (C=O) groups is 1. The summed E-state index contributed by atoms with van der Waals surface area (Å²) in [6.07, 6.45) is 9.70. The average molecular weight is 355 g/mol. The number of rotatable bonds is 5. The molecule has 1 N–H and O–H groups in total. The Bertz CT molecular complexity index is 695. The van der Waals surface area contributed by atoms with Crippen LogP contribution in [0.25, 0.3) is 11.1 Å². The highest BCUT2D eigenvalue weighted by molar-refractivity contribution is 5.79. The van der Waals surface area contributed by atoms with Crippen molar-refractivity contribution in [3.8, 4) is 0 Å². The molecule has 0 spiro atoms. The van der Waals surface area contributed by atoms with Crippen molar-refractivity contribution in [1.29, 1.82) is 0 Å². The van der Waals surface area contributed by atoms with Crippen LogP contribution in [0.3, 0.4) is 0 Å². The van der Waals surface area contributed by atoms with Gasteiger partial charge in [-0.1, -0.05) is 44.2 Å². The third-order valence-electron chi connectivity index (χ3n) is 6.00. The molecule has 1 aromatic carbocycles. The first-order chi connectivity index (χ1) is 12.8. The number of piperidine rings is 1. The molecule has 2 aromatic rings. The number of fused-ring (bicyclic) bond motifs is 1. The number of aromatic nitrogens is 1. The molecule has 4 rings (SSSR count). The molecule has 26 heavy (non-hydrogen) atoms. The van der Waals surface area contributed by atoms with Crippen LogP contribution in [0.4, 0.5) is 6.01 Å². The second kappa shape index (κ2) is 8.11. The molecule has 0 atom stereocenters. The first-order valence-electron chi connectivity index (χ1n) is 10.2. The Morgan fingerprint density at radius 1 is 1.12 bits per heavy atom. The van der Waals surface area contributed by atoms with Gasteiger partial charge in [0.05, 0.1) is 0 Å². The fraction of sp³-hybridized carbons (Fsp3) is 0.619. The van der Waals surface area contributed by atoms with Crippen LogP contribution in [-0.4, -0.2) is 30.5 Å². The second-order valence-corrected chi connectivity index (χ2v) is 7.81. The van der Waals surface area contributed by atoms with Gasteiger partial charge >= 0.3 is 0 Å². The summed E-state index contributed by atoms with van der Waals surface area (Å²) in [5, 5.41) is 3.18. The van der Waals surface area contributed by atoms with E-state index in [4.69, 9.17) is 4.42 Å². The molecule has 5 nitrogen and oxygen atoms in total.